The number of aliphatic hydroxyl groups excluding tert-OH is 1. The van der Waals surface area contributed by atoms with E-state index in [1.165, 1.54) is 0 Å². The molecule has 3 heterocycles. The molecule has 1 N–H and O–H groups in total. The van der Waals surface area contributed by atoms with Crippen molar-refractivity contribution in [2.24, 2.45) is 0 Å². The van der Waals surface area contributed by atoms with Gasteiger partial charge in [-0.25, -0.2) is 4.98 Å². The number of carbonyl (C=O) groups excluding carboxylic acids is 1. The average Bonchev–Trinajstić information content (AvgIpc) is 3.16. The molecule has 1 saturated heterocycles. The minimum atomic E-state index is 0.0276. The number of rotatable bonds is 4. The number of aryl methyl sites for hydroxylation is 1. The lowest BCUT2D eigenvalue weighted by Gasteiger charge is -2.39. The smallest absolute Gasteiger partial charge is 0.255 e. The third kappa shape index (κ3) is 3.65. The zero-order valence-corrected chi connectivity index (χ0v) is 17.3. The van der Waals surface area contributed by atoms with Gasteiger partial charge in [0.1, 0.15) is 0 Å². The molecule has 6 nitrogen and oxygen atoms in total. The first-order chi connectivity index (χ1) is 14.0. The van der Waals surface area contributed by atoms with E-state index >= 15 is 0 Å². The summed E-state index contributed by atoms with van der Waals surface area (Å²) in [6.45, 7) is 6.76. The molecule has 0 unspecified atom stereocenters. The van der Waals surface area contributed by atoms with Crippen LogP contribution < -0.4 is 0 Å². The fourth-order valence-corrected chi connectivity index (χ4v) is 4.40. The van der Waals surface area contributed by atoms with Gasteiger partial charge in [0, 0.05) is 29.2 Å². The first kappa shape index (κ1) is 19.6. The molecule has 29 heavy (non-hydrogen) atoms. The van der Waals surface area contributed by atoms with Crippen LogP contribution in [-0.2, 0) is 6.54 Å². The van der Waals surface area contributed by atoms with Gasteiger partial charge in [0.25, 0.3) is 5.91 Å². The van der Waals surface area contributed by atoms with Gasteiger partial charge in [0.2, 0.25) is 0 Å². The average molecular weight is 393 g/mol. The summed E-state index contributed by atoms with van der Waals surface area (Å²) in [4.78, 5) is 20.6. The van der Waals surface area contributed by atoms with E-state index < -0.39 is 0 Å². The van der Waals surface area contributed by atoms with Crippen molar-refractivity contribution < 1.29 is 9.90 Å². The Labute approximate surface area is 171 Å². The molecule has 1 fully saturated rings. The van der Waals surface area contributed by atoms with Crippen molar-refractivity contribution in [1.82, 2.24) is 19.7 Å². The molecule has 0 bridgehead atoms. The molecule has 1 aliphatic rings. The van der Waals surface area contributed by atoms with Crippen molar-refractivity contribution >= 4 is 16.8 Å². The normalized spacial score (nSPS) is 19.7. The number of likely N-dealkylation sites (tertiary alicyclic amines) is 1. The molecule has 1 aromatic carbocycles. The number of nitrogens with zero attached hydrogens (tertiary/aromatic N) is 4. The number of para-hydroxylation sites is 1. The Hall–Kier alpha value is -2.73. The SMILES string of the molecule is Cc1cccc2c(C(=O)N3[C@H](C)CCC[C@@H]3C)cc(-c3cnn(CCO)c3)nc12. The van der Waals surface area contributed by atoms with Crippen molar-refractivity contribution in [2.45, 2.75) is 58.7 Å². The largest absolute Gasteiger partial charge is 0.394 e. The van der Waals surface area contributed by atoms with Crippen molar-refractivity contribution in [3.63, 3.8) is 0 Å². The Morgan fingerprint density at radius 1 is 1.24 bits per heavy atom. The van der Waals surface area contributed by atoms with Gasteiger partial charge in [-0.1, -0.05) is 18.2 Å². The molecule has 6 heteroatoms. The van der Waals surface area contributed by atoms with Crippen molar-refractivity contribution in [3.05, 3.63) is 47.8 Å². The van der Waals surface area contributed by atoms with Crippen LogP contribution in [0.1, 0.15) is 49.0 Å². The van der Waals surface area contributed by atoms with E-state index in [1.54, 1.807) is 10.9 Å². The Morgan fingerprint density at radius 3 is 2.72 bits per heavy atom. The second-order valence-electron chi connectivity index (χ2n) is 8.08. The third-order valence-electron chi connectivity index (χ3n) is 5.96. The number of aliphatic hydroxyl groups is 1. The number of pyridine rings is 1. The Balaban J connectivity index is 1.85. The van der Waals surface area contributed by atoms with Gasteiger partial charge in [-0.2, -0.15) is 5.10 Å². The number of hydrogen-bond donors (Lipinski definition) is 1. The molecule has 1 aliphatic heterocycles. The molecule has 3 aromatic rings. The fraction of sp³-hybridized carbons (Fsp3) is 0.435. The maximum atomic E-state index is 13.7. The molecule has 0 spiro atoms. The van der Waals surface area contributed by atoms with Gasteiger partial charge >= 0.3 is 0 Å². The summed E-state index contributed by atoms with van der Waals surface area (Å²) in [5, 5.41) is 14.4. The van der Waals surface area contributed by atoms with E-state index in [4.69, 9.17) is 10.1 Å². The van der Waals surface area contributed by atoms with Crippen LogP contribution in [-0.4, -0.2) is 49.4 Å². The third-order valence-corrected chi connectivity index (χ3v) is 5.96. The van der Waals surface area contributed by atoms with Gasteiger partial charge < -0.3 is 10.0 Å². The minimum Gasteiger partial charge on any atom is -0.394 e. The molecule has 2 aromatic heterocycles. The first-order valence-corrected chi connectivity index (χ1v) is 10.4. The van der Waals surface area contributed by atoms with E-state index in [0.717, 1.165) is 47.0 Å². The molecule has 4 rings (SSSR count). The Bertz CT molecular complexity index is 1030. The van der Waals surface area contributed by atoms with Crippen LogP contribution in [0.15, 0.2) is 36.7 Å². The van der Waals surface area contributed by atoms with E-state index in [0.29, 0.717) is 12.1 Å². The van der Waals surface area contributed by atoms with Gasteiger partial charge in [-0.15, -0.1) is 0 Å². The molecular weight excluding hydrogens is 364 g/mol. The lowest BCUT2D eigenvalue weighted by Crippen LogP contribution is -2.47. The highest BCUT2D eigenvalue weighted by Gasteiger charge is 2.31. The number of hydrogen-bond acceptors (Lipinski definition) is 4. The topological polar surface area (TPSA) is 71.2 Å². The van der Waals surface area contributed by atoms with Gasteiger partial charge in [-0.05, 0) is 51.7 Å². The second-order valence-corrected chi connectivity index (χ2v) is 8.08. The Morgan fingerprint density at radius 2 is 2.00 bits per heavy atom. The summed E-state index contributed by atoms with van der Waals surface area (Å²) in [6.07, 6.45) is 6.85. The van der Waals surface area contributed by atoms with Crippen LogP contribution in [0.3, 0.4) is 0 Å². The van der Waals surface area contributed by atoms with E-state index in [2.05, 4.69) is 18.9 Å². The summed E-state index contributed by atoms with van der Waals surface area (Å²) in [7, 11) is 0. The lowest BCUT2D eigenvalue weighted by molar-refractivity contribution is 0.0513. The summed E-state index contributed by atoms with van der Waals surface area (Å²) in [5.74, 6) is 0.0756. The fourth-order valence-electron chi connectivity index (χ4n) is 4.40. The minimum absolute atomic E-state index is 0.0276. The van der Waals surface area contributed by atoms with Crippen molar-refractivity contribution in [3.8, 4) is 11.3 Å². The van der Waals surface area contributed by atoms with Gasteiger partial charge in [0.15, 0.2) is 0 Å². The highest BCUT2D eigenvalue weighted by Crippen LogP contribution is 2.30. The summed E-state index contributed by atoms with van der Waals surface area (Å²) in [6, 6.07) is 8.36. The standard InChI is InChI=1S/C23H28N4O2/c1-15-6-4-9-19-20(23(29)27-16(2)7-5-8-17(27)3)12-21(25-22(15)19)18-13-24-26(14-18)10-11-28/h4,6,9,12-14,16-17,28H,5,7-8,10-11H2,1-3H3/t16-,17+. The molecule has 0 radical (unpaired) electrons. The molecular formula is C23H28N4O2. The summed E-state index contributed by atoms with van der Waals surface area (Å²) >= 11 is 0. The summed E-state index contributed by atoms with van der Waals surface area (Å²) < 4.78 is 1.69. The van der Waals surface area contributed by atoms with Crippen LogP contribution in [0.5, 0.6) is 0 Å². The zero-order chi connectivity index (χ0) is 20.5. The number of carbonyl (C=O) groups is 1. The van der Waals surface area contributed by atoms with E-state index in [9.17, 15) is 4.79 Å². The van der Waals surface area contributed by atoms with E-state index in [1.807, 2.05) is 42.3 Å². The van der Waals surface area contributed by atoms with Crippen molar-refractivity contribution in [2.75, 3.05) is 6.61 Å². The van der Waals surface area contributed by atoms with Crippen LogP contribution in [0.2, 0.25) is 0 Å². The number of piperidine rings is 1. The molecule has 1 amide bonds. The van der Waals surface area contributed by atoms with Gasteiger partial charge in [0.05, 0.1) is 36.1 Å². The molecule has 0 aliphatic carbocycles. The van der Waals surface area contributed by atoms with Crippen molar-refractivity contribution in [1.29, 1.82) is 0 Å². The van der Waals surface area contributed by atoms with Crippen LogP contribution in [0.25, 0.3) is 22.2 Å². The highest BCUT2D eigenvalue weighted by atomic mass is 16.3. The maximum Gasteiger partial charge on any atom is 0.255 e. The summed E-state index contributed by atoms with van der Waals surface area (Å²) in [5.41, 5.74) is 4.17. The van der Waals surface area contributed by atoms with E-state index in [-0.39, 0.29) is 24.6 Å². The second kappa shape index (κ2) is 7.95. The number of fused-ring (bicyclic) bond motifs is 1. The predicted molar refractivity (Wildman–Crippen MR) is 114 cm³/mol. The lowest BCUT2D eigenvalue weighted by atomic mass is 9.95. The van der Waals surface area contributed by atoms with Crippen LogP contribution >= 0.6 is 0 Å². The number of aromatic nitrogens is 3. The zero-order valence-electron chi connectivity index (χ0n) is 17.3. The number of benzene rings is 1. The molecule has 152 valence electrons. The molecule has 0 saturated carbocycles. The van der Waals surface area contributed by atoms with Crippen LogP contribution in [0, 0.1) is 6.92 Å². The number of amides is 1. The first-order valence-electron chi connectivity index (χ1n) is 10.4. The van der Waals surface area contributed by atoms with Gasteiger partial charge in [-0.3, -0.25) is 9.48 Å². The molecule has 2 atom stereocenters. The monoisotopic (exact) mass is 392 g/mol. The predicted octanol–water partition coefficient (Wildman–Crippen LogP) is 3.80. The Kier molecular flexibility index (Phi) is 5.37. The highest BCUT2D eigenvalue weighted by molar-refractivity contribution is 6.08. The maximum absolute atomic E-state index is 13.7. The quantitative estimate of drug-likeness (QED) is 0.733. The van der Waals surface area contributed by atoms with Crippen LogP contribution in [0.4, 0.5) is 0 Å².